The first kappa shape index (κ1) is 17.4. The van der Waals surface area contributed by atoms with Crippen LogP contribution in [0.3, 0.4) is 0 Å². The number of hydrogen-bond acceptors (Lipinski definition) is 5. The van der Waals surface area contributed by atoms with E-state index in [0.717, 1.165) is 73.6 Å². The highest BCUT2D eigenvalue weighted by Crippen LogP contribution is 2.22. The predicted molar refractivity (Wildman–Crippen MR) is 92.7 cm³/mol. The Morgan fingerprint density at radius 3 is 1.84 bits per heavy atom. The Morgan fingerprint density at radius 2 is 1.28 bits per heavy atom. The Labute approximate surface area is 149 Å². The molecule has 0 bridgehead atoms. The van der Waals surface area contributed by atoms with Crippen LogP contribution >= 0.6 is 11.6 Å². The van der Waals surface area contributed by atoms with Gasteiger partial charge >= 0.3 is 0 Å². The van der Waals surface area contributed by atoms with E-state index >= 15 is 0 Å². The van der Waals surface area contributed by atoms with Crippen molar-refractivity contribution in [2.75, 3.05) is 0 Å². The summed E-state index contributed by atoms with van der Waals surface area (Å²) >= 11 is 5.83. The van der Waals surface area contributed by atoms with Gasteiger partial charge in [0.1, 0.15) is 6.07 Å². The fourth-order valence-corrected chi connectivity index (χ4v) is 3.62. The van der Waals surface area contributed by atoms with Gasteiger partial charge in [-0.05, 0) is 62.5 Å². The van der Waals surface area contributed by atoms with Crippen LogP contribution in [0.5, 0.6) is 0 Å². The minimum atomic E-state index is -0.131. The number of fused-ring (bicyclic) bond motifs is 2. The third kappa shape index (κ3) is 3.64. The summed E-state index contributed by atoms with van der Waals surface area (Å²) in [5, 5.41) is 21.4. The van der Waals surface area contributed by atoms with Gasteiger partial charge in [0.25, 0.3) is 11.1 Å². The Hall–Kier alpha value is -2.46. The standard InChI is InChI=1S/C9H9N3O.C8H9ClN2O/c10-5-8-6-3-1-2-4-7(6)9(13)12-11-8;9-7-5-3-1-2-4-6(5)8(12)11-10-7/h1-4H2,(H,12,13);1-4H2,(H,11,12). The predicted octanol–water partition coefficient (Wildman–Crippen LogP) is 1.82. The smallest absolute Gasteiger partial charge is 0.267 e. The van der Waals surface area contributed by atoms with Gasteiger partial charge in [-0.25, -0.2) is 10.2 Å². The van der Waals surface area contributed by atoms with Crippen molar-refractivity contribution < 1.29 is 0 Å². The number of nitrogens with one attached hydrogen (secondary N) is 2. The summed E-state index contributed by atoms with van der Waals surface area (Å²) in [5.74, 6) is 0. The van der Waals surface area contributed by atoms with Crippen LogP contribution in [0.15, 0.2) is 9.59 Å². The molecule has 2 N–H and O–H groups in total. The lowest BCUT2D eigenvalue weighted by molar-refractivity contribution is 0.664. The van der Waals surface area contributed by atoms with Gasteiger partial charge in [-0.15, -0.1) is 0 Å². The number of H-pyrrole nitrogens is 2. The zero-order chi connectivity index (χ0) is 17.8. The second kappa shape index (κ2) is 7.62. The molecule has 2 aromatic heterocycles. The summed E-state index contributed by atoms with van der Waals surface area (Å²) in [6.07, 6.45) is 7.60. The van der Waals surface area contributed by atoms with Crippen LogP contribution in [-0.4, -0.2) is 20.4 Å². The van der Waals surface area contributed by atoms with E-state index < -0.39 is 0 Å². The Kier molecular flexibility index (Phi) is 5.29. The number of rotatable bonds is 0. The first-order valence-electron chi connectivity index (χ1n) is 8.38. The lowest BCUT2D eigenvalue weighted by Gasteiger charge is -2.13. The molecule has 2 aromatic rings. The van der Waals surface area contributed by atoms with Crippen LogP contribution in [0.2, 0.25) is 5.15 Å². The Bertz CT molecular complexity index is 942. The van der Waals surface area contributed by atoms with E-state index in [0.29, 0.717) is 10.8 Å². The Morgan fingerprint density at radius 1 is 0.800 bits per heavy atom. The lowest BCUT2D eigenvalue weighted by atomic mass is 9.92. The molecule has 4 rings (SSSR count). The Balaban J connectivity index is 0.000000146. The molecule has 0 radical (unpaired) electrons. The molecule has 0 atom stereocenters. The average Bonchev–Trinajstić information content (AvgIpc) is 2.66. The van der Waals surface area contributed by atoms with Crippen LogP contribution in [0, 0.1) is 11.3 Å². The highest BCUT2D eigenvalue weighted by Gasteiger charge is 2.17. The second-order valence-electron chi connectivity index (χ2n) is 6.19. The molecule has 130 valence electrons. The van der Waals surface area contributed by atoms with Crippen molar-refractivity contribution in [2.45, 2.75) is 51.4 Å². The fourth-order valence-electron chi connectivity index (χ4n) is 3.37. The van der Waals surface area contributed by atoms with E-state index in [4.69, 9.17) is 16.9 Å². The summed E-state index contributed by atoms with van der Waals surface area (Å²) in [7, 11) is 0. The first-order chi connectivity index (χ1) is 12.1. The van der Waals surface area contributed by atoms with Gasteiger partial charge in [-0.2, -0.15) is 15.5 Å². The van der Waals surface area contributed by atoms with Crippen molar-refractivity contribution in [1.29, 1.82) is 5.26 Å². The molecular formula is C17H18ClN5O2. The van der Waals surface area contributed by atoms with Crippen LogP contribution in [-0.2, 0) is 25.7 Å². The summed E-state index contributed by atoms with van der Waals surface area (Å²) < 4.78 is 0. The minimum absolute atomic E-state index is 0.0749. The van der Waals surface area contributed by atoms with Crippen LogP contribution in [0.1, 0.15) is 53.6 Å². The molecule has 2 aliphatic carbocycles. The van der Waals surface area contributed by atoms with Crippen LogP contribution in [0.4, 0.5) is 0 Å². The number of aromatic amines is 2. The first-order valence-corrected chi connectivity index (χ1v) is 8.76. The maximum atomic E-state index is 11.3. The summed E-state index contributed by atoms with van der Waals surface area (Å²) in [5.41, 5.74) is 3.58. The largest absolute Gasteiger partial charge is 0.268 e. The molecule has 2 aliphatic rings. The molecule has 0 saturated carbocycles. The fraction of sp³-hybridized carbons (Fsp3) is 0.471. The molecule has 0 saturated heterocycles. The average molecular weight is 360 g/mol. The number of aromatic nitrogens is 4. The molecule has 0 unspecified atom stereocenters. The third-order valence-electron chi connectivity index (χ3n) is 4.65. The molecule has 0 amide bonds. The highest BCUT2D eigenvalue weighted by molar-refractivity contribution is 6.30. The topological polar surface area (TPSA) is 115 Å². The highest BCUT2D eigenvalue weighted by atomic mass is 35.5. The van der Waals surface area contributed by atoms with Crippen molar-refractivity contribution in [1.82, 2.24) is 20.4 Å². The van der Waals surface area contributed by atoms with Crippen molar-refractivity contribution in [3.05, 3.63) is 53.8 Å². The second-order valence-corrected chi connectivity index (χ2v) is 6.54. The van der Waals surface area contributed by atoms with E-state index in [2.05, 4.69) is 20.4 Å². The molecule has 8 heteroatoms. The van der Waals surface area contributed by atoms with E-state index in [9.17, 15) is 9.59 Å². The van der Waals surface area contributed by atoms with Crippen LogP contribution in [0.25, 0.3) is 0 Å². The van der Waals surface area contributed by atoms with E-state index in [1.54, 1.807) is 0 Å². The molecule has 7 nitrogen and oxygen atoms in total. The molecule has 25 heavy (non-hydrogen) atoms. The van der Waals surface area contributed by atoms with Crippen molar-refractivity contribution in [3.8, 4) is 6.07 Å². The number of halogens is 1. The van der Waals surface area contributed by atoms with Gasteiger partial charge in [0.05, 0.1) is 0 Å². The van der Waals surface area contributed by atoms with Gasteiger partial charge in [-0.3, -0.25) is 9.59 Å². The maximum absolute atomic E-state index is 11.3. The van der Waals surface area contributed by atoms with Gasteiger partial charge < -0.3 is 0 Å². The number of nitrogens with zero attached hydrogens (tertiary/aromatic N) is 3. The maximum Gasteiger partial charge on any atom is 0.267 e. The summed E-state index contributed by atoms with van der Waals surface area (Å²) in [6, 6.07) is 2.00. The number of nitriles is 1. The van der Waals surface area contributed by atoms with Crippen molar-refractivity contribution >= 4 is 11.6 Å². The summed E-state index contributed by atoms with van der Waals surface area (Å²) in [6.45, 7) is 0. The zero-order valence-electron chi connectivity index (χ0n) is 13.7. The number of hydrogen-bond donors (Lipinski definition) is 2. The van der Waals surface area contributed by atoms with E-state index in [1.807, 2.05) is 6.07 Å². The lowest BCUT2D eigenvalue weighted by Crippen LogP contribution is -2.22. The molecule has 0 aliphatic heterocycles. The van der Waals surface area contributed by atoms with Crippen LogP contribution < -0.4 is 11.1 Å². The summed E-state index contributed by atoms with van der Waals surface area (Å²) in [4.78, 5) is 22.5. The SMILES string of the molecule is N#Cc1n[nH]c(=O)c2c1CCCC2.O=c1[nH]nc(Cl)c2c1CCCC2. The quantitative estimate of drug-likeness (QED) is 0.744. The van der Waals surface area contributed by atoms with Gasteiger partial charge in [0.2, 0.25) is 0 Å². The third-order valence-corrected chi connectivity index (χ3v) is 4.96. The van der Waals surface area contributed by atoms with E-state index in [-0.39, 0.29) is 11.1 Å². The minimum Gasteiger partial charge on any atom is -0.268 e. The van der Waals surface area contributed by atoms with Gasteiger partial charge in [-0.1, -0.05) is 11.6 Å². The monoisotopic (exact) mass is 359 g/mol. The zero-order valence-corrected chi connectivity index (χ0v) is 14.4. The van der Waals surface area contributed by atoms with Gasteiger partial charge in [0.15, 0.2) is 10.8 Å². The molecular weight excluding hydrogens is 342 g/mol. The van der Waals surface area contributed by atoms with Crippen molar-refractivity contribution in [3.63, 3.8) is 0 Å². The van der Waals surface area contributed by atoms with Gasteiger partial charge in [0, 0.05) is 11.1 Å². The molecule has 2 heterocycles. The molecule has 0 fully saturated rings. The molecule has 0 spiro atoms. The normalized spacial score (nSPS) is 15.2. The van der Waals surface area contributed by atoms with Crippen molar-refractivity contribution in [2.24, 2.45) is 0 Å². The van der Waals surface area contributed by atoms with E-state index in [1.165, 1.54) is 0 Å². The molecule has 0 aromatic carbocycles.